The predicted molar refractivity (Wildman–Crippen MR) is 71.9 cm³/mol. The number of aromatic nitrogens is 2. The number of nitrogens with two attached hydrogens (primary N) is 1. The summed E-state index contributed by atoms with van der Waals surface area (Å²) >= 11 is 0. The molecule has 0 saturated carbocycles. The minimum atomic E-state index is -4.16. The van der Waals surface area contributed by atoms with Crippen LogP contribution in [0, 0.1) is 12.7 Å². The molecule has 0 amide bonds. The van der Waals surface area contributed by atoms with Crippen molar-refractivity contribution in [3.05, 3.63) is 35.9 Å². The van der Waals surface area contributed by atoms with Gasteiger partial charge in [0.1, 0.15) is 10.7 Å². The molecule has 1 heterocycles. The second-order valence-electron chi connectivity index (χ2n) is 4.19. The molecule has 2 aromatic rings. The maximum Gasteiger partial charge on any atom is 0.265 e. The van der Waals surface area contributed by atoms with Gasteiger partial charge in [-0.1, -0.05) is 0 Å². The number of primary sulfonamides is 1. The number of H-pyrrole nitrogens is 1. The zero-order chi connectivity index (χ0) is 15.8. The molecule has 21 heavy (non-hydrogen) atoms. The van der Waals surface area contributed by atoms with E-state index in [1.807, 2.05) is 0 Å². The SMILES string of the molecule is Cc1[nH]ncc1S(=O)(=O)Nc1cc(F)cc(S(N)(=O)=O)c1. The van der Waals surface area contributed by atoms with Crippen LogP contribution in [-0.2, 0) is 20.0 Å². The van der Waals surface area contributed by atoms with Gasteiger partial charge in [0.05, 0.1) is 22.5 Å². The third-order valence-corrected chi connectivity index (χ3v) is 4.91. The normalized spacial score (nSPS) is 12.3. The molecule has 0 atom stereocenters. The molecule has 0 unspecified atom stereocenters. The Hall–Kier alpha value is -1.98. The van der Waals surface area contributed by atoms with Crippen molar-refractivity contribution in [3.8, 4) is 0 Å². The van der Waals surface area contributed by atoms with Gasteiger partial charge in [-0.2, -0.15) is 5.10 Å². The molecule has 0 aliphatic carbocycles. The number of anilines is 1. The lowest BCUT2D eigenvalue weighted by atomic mass is 10.3. The molecule has 2 rings (SSSR count). The summed E-state index contributed by atoms with van der Waals surface area (Å²) in [6, 6.07) is 2.45. The number of halogens is 1. The van der Waals surface area contributed by atoms with Gasteiger partial charge in [-0.15, -0.1) is 0 Å². The topological polar surface area (TPSA) is 135 Å². The van der Waals surface area contributed by atoms with E-state index in [2.05, 4.69) is 14.9 Å². The summed E-state index contributed by atoms with van der Waals surface area (Å²) in [6.45, 7) is 1.49. The maximum atomic E-state index is 13.4. The van der Waals surface area contributed by atoms with Crippen LogP contribution >= 0.6 is 0 Å². The van der Waals surface area contributed by atoms with Gasteiger partial charge in [-0.25, -0.2) is 26.4 Å². The average Bonchev–Trinajstić information content (AvgIpc) is 2.73. The Balaban J connectivity index is 2.45. The van der Waals surface area contributed by atoms with Crippen molar-refractivity contribution in [1.29, 1.82) is 0 Å². The lowest BCUT2D eigenvalue weighted by Crippen LogP contribution is -2.16. The van der Waals surface area contributed by atoms with Gasteiger partial charge in [0.15, 0.2) is 0 Å². The molecule has 0 aliphatic heterocycles. The Labute approximate surface area is 120 Å². The highest BCUT2D eigenvalue weighted by atomic mass is 32.2. The number of benzene rings is 1. The van der Waals surface area contributed by atoms with Crippen molar-refractivity contribution < 1.29 is 21.2 Å². The van der Waals surface area contributed by atoms with Crippen LogP contribution in [0.3, 0.4) is 0 Å². The molecular formula is C10H11FN4O4S2. The number of hydrogen-bond donors (Lipinski definition) is 3. The van der Waals surface area contributed by atoms with E-state index >= 15 is 0 Å². The molecule has 1 aromatic heterocycles. The molecule has 8 nitrogen and oxygen atoms in total. The minimum absolute atomic E-state index is 0.135. The van der Waals surface area contributed by atoms with Crippen LogP contribution in [0.15, 0.2) is 34.2 Å². The quantitative estimate of drug-likeness (QED) is 0.739. The Bertz CT molecular complexity index is 890. The molecular weight excluding hydrogens is 323 g/mol. The lowest BCUT2D eigenvalue weighted by molar-refractivity contribution is 0.591. The summed E-state index contributed by atoms with van der Waals surface area (Å²) in [4.78, 5) is -0.673. The van der Waals surface area contributed by atoms with Gasteiger partial charge < -0.3 is 0 Å². The van der Waals surface area contributed by atoms with Crippen LogP contribution in [0.4, 0.5) is 10.1 Å². The number of nitrogens with zero attached hydrogens (tertiary/aromatic N) is 1. The first-order valence-electron chi connectivity index (χ1n) is 5.46. The number of nitrogens with one attached hydrogen (secondary N) is 2. The fourth-order valence-corrected chi connectivity index (χ4v) is 3.35. The molecule has 11 heteroatoms. The minimum Gasteiger partial charge on any atom is -0.281 e. The highest BCUT2D eigenvalue weighted by Gasteiger charge is 2.20. The van der Waals surface area contributed by atoms with Gasteiger partial charge in [0.25, 0.3) is 10.0 Å². The Morgan fingerprint density at radius 1 is 1.24 bits per heavy atom. The maximum absolute atomic E-state index is 13.4. The third-order valence-electron chi connectivity index (χ3n) is 2.53. The summed E-state index contributed by atoms with van der Waals surface area (Å²) in [5.74, 6) is -0.942. The van der Waals surface area contributed by atoms with Crippen molar-refractivity contribution >= 4 is 25.7 Å². The molecule has 0 fully saturated rings. The first kappa shape index (κ1) is 15.4. The van der Waals surface area contributed by atoms with Crippen molar-refractivity contribution in [1.82, 2.24) is 10.2 Å². The largest absolute Gasteiger partial charge is 0.281 e. The number of hydrogen-bond acceptors (Lipinski definition) is 5. The Morgan fingerprint density at radius 3 is 2.43 bits per heavy atom. The molecule has 114 valence electrons. The number of aryl methyl sites for hydroxylation is 1. The zero-order valence-corrected chi connectivity index (χ0v) is 12.3. The Morgan fingerprint density at radius 2 is 1.90 bits per heavy atom. The highest BCUT2D eigenvalue weighted by Crippen LogP contribution is 2.21. The second kappa shape index (κ2) is 5.09. The van der Waals surface area contributed by atoms with E-state index in [0.717, 1.165) is 18.3 Å². The molecule has 0 radical (unpaired) electrons. The van der Waals surface area contributed by atoms with Crippen LogP contribution in [0.2, 0.25) is 0 Å². The predicted octanol–water partition coefficient (Wildman–Crippen LogP) is 0.305. The van der Waals surface area contributed by atoms with E-state index in [9.17, 15) is 21.2 Å². The van der Waals surface area contributed by atoms with E-state index in [4.69, 9.17) is 5.14 Å². The zero-order valence-electron chi connectivity index (χ0n) is 10.7. The van der Waals surface area contributed by atoms with Crippen molar-refractivity contribution in [3.63, 3.8) is 0 Å². The van der Waals surface area contributed by atoms with Crippen LogP contribution < -0.4 is 9.86 Å². The summed E-state index contributed by atoms with van der Waals surface area (Å²) in [5.41, 5.74) is 0.0187. The fraction of sp³-hybridized carbons (Fsp3) is 0.100. The highest BCUT2D eigenvalue weighted by molar-refractivity contribution is 7.92. The summed E-state index contributed by atoms with van der Waals surface area (Å²) in [6.07, 6.45) is 1.08. The number of aromatic amines is 1. The first-order chi connectivity index (χ1) is 9.59. The molecule has 4 N–H and O–H groups in total. The van der Waals surface area contributed by atoms with E-state index < -0.39 is 30.8 Å². The Kier molecular flexibility index (Phi) is 3.74. The summed E-state index contributed by atoms with van der Waals surface area (Å²) < 4.78 is 62.0. The van der Waals surface area contributed by atoms with Gasteiger partial charge in [0.2, 0.25) is 10.0 Å². The molecule has 0 aliphatic rings. The van der Waals surface area contributed by atoms with Crippen LogP contribution in [0.5, 0.6) is 0 Å². The number of rotatable bonds is 4. The van der Waals surface area contributed by atoms with Crippen molar-refractivity contribution in [2.24, 2.45) is 5.14 Å². The molecule has 0 spiro atoms. The van der Waals surface area contributed by atoms with Crippen LogP contribution in [-0.4, -0.2) is 27.0 Å². The van der Waals surface area contributed by atoms with Gasteiger partial charge in [-0.05, 0) is 25.1 Å². The van der Waals surface area contributed by atoms with Crippen LogP contribution in [0.1, 0.15) is 5.69 Å². The van der Waals surface area contributed by atoms with E-state index in [0.29, 0.717) is 6.07 Å². The number of sulfonamides is 2. The molecule has 0 bridgehead atoms. The van der Waals surface area contributed by atoms with E-state index in [1.165, 1.54) is 6.92 Å². The fourth-order valence-electron chi connectivity index (χ4n) is 1.61. The third kappa shape index (κ3) is 3.37. The van der Waals surface area contributed by atoms with Gasteiger partial charge in [0, 0.05) is 0 Å². The first-order valence-corrected chi connectivity index (χ1v) is 8.49. The van der Waals surface area contributed by atoms with Crippen LogP contribution in [0.25, 0.3) is 0 Å². The van der Waals surface area contributed by atoms with Gasteiger partial charge >= 0.3 is 0 Å². The lowest BCUT2D eigenvalue weighted by Gasteiger charge is -2.08. The van der Waals surface area contributed by atoms with E-state index in [1.54, 1.807) is 0 Å². The monoisotopic (exact) mass is 334 g/mol. The van der Waals surface area contributed by atoms with Crippen molar-refractivity contribution in [2.75, 3.05) is 4.72 Å². The van der Waals surface area contributed by atoms with Crippen molar-refractivity contribution in [2.45, 2.75) is 16.7 Å². The summed E-state index contributed by atoms with van der Waals surface area (Å²) in [5, 5.41) is 10.9. The standard InChI is InChI=1S/C10H11FN4O4S2/c1-6-10(5-13-14-6)21(18,19)15-8-2-7(11)3-9(4-8)20(12,16)17/h2-5,15H,1H3,(H,13,14)(H2,12,16,17). The molecule has 1 aromatic carbocycles. The van der Waals surface area contributed by atoms with E-state index in [-0.39, 0.29) is 16.3 Å². The molecule has 0 saturated heterocycles. The summed E-state index contributed by atoms with van der Waals surface area (Å²) in [7, 11) is -8.18. The second-order valence-corrected chi connectivity index (χ2v) is 7.40. The van der Waals surface area contributed by atoms with Gasteiger partial charge in [-0.3, -0.25) is 9.82 Å². The smallest absolute Gasteiger partial charge is 0.265 e. The average molecular weight is 334 g/mol.